The number of aryl methyl sites for hydroxylation is 2. The van der Waals surface area contributed by atoms with Gasteiger partial charge >= 0.3 is 0 Å². The second-order valence-corrected chi connectivity index (χ2v) is 9.58. The molecular formula is C28H26FN5O2. The number of benzene rings is 1. The van der Waals surface area contributed by atoms with Gasteiger partial charge in [-0.15, -0.1) is 0 Å². The van der Waals surface area contributed by atoms with Crippen molar-refractivity contribution in [1.82, 2.24) is 15.3 Å². The summed E-state index contributed by atoms with van der Waals surface area (Å²) in [4.78, 5) is 36.4. The standard InChI is InChI=1S/C28H26FN5O2/c1-17-10-23(34-9-7-28(16-30,27(34)36)21-5-6-21)14-25(33-17)26(35)32-15-19-11-20(13-22(29)12-19)24-4-3-8-31-18(24)2/h3-4,8,10-14,21H,5-7,9,15H2,1-2H3,(H,32,35)/t28-/m1/s1. The maximum atomic E-state index is 14.4. The number of nitriles is 1. The fourth-order valence-electron chi connectivity index (χ4n) is 5.03. The molecule has 0 unspecified atom stereocenters. The Kier molecular flexibility index (Phi) is 6.00. The highest BCUT2D eigenvalue weighted by Crippen LogP contribution is 2.51. The number of carbonyl (C=O) groups is 2. The van der Waals surface area contributed by atoms with Crippen LogP contribution in [0.2, 0.25) is 0 Å². The predicted molar refractivity (Wildman–Crippen MR) is 132 cm³/mol. The largest absolute Gasteiger partial charge is 0.347 e. The minimum Gasteiger partial charge on any atom is -0.347 e. The van der Waals surface area contributed by atoms with Gasteiger partial charge in [0.15, 0.2) is 0 Å². The van der Waals surface area contributed by atoms with E-state index in [-0.39, 0.29) is 24.1 Å². The van der Waals surface area contributed by atoms with E-state index < -0.39 is 17.1 Å². The molecule has 3 aromatic rings. The molecule has 0 bridgehead atoms. The summed E-state index contributed by atoms with van der Waals surface area (Å²) in [6.45, 7) is 4.16. The summed E-state index contributed by atoms with van der Waals surface area (Å²) in [5, 5.41) is 12.6. The molecule has 1 saturated heterocycles. The van der Waals surface area contributed by atoms with Crippen LogP contribution in [0.3, 0.4) is 0 Å². The number of nitrogens with zero attached hydrogens (tertiary/aromatic N) is 4. The van der Waals surface area contributed by atoms with Gasteiger partial charge in [0.25, 0.3) is 5.91 Å². The smallest absolute Gasteiger partial charge is 0.270 e. The van der Waals surface area contributed by atoms with Crippen LogP contribution >= 0.6 is 0 Å². The van der Waals surface area contributed by atoms with Crippen LogP contribution in [0, 0.1) is 42.3 Å². The molecule has 2 aromatic heterocycles. The molecule has 1 N–H and O–H groups in total. The number of amides is 2. The molecular weight excluding hydrogens is 457 g/mol. The molecule has 0 spiro atoms. The maximum absolute atomic E-state index is 14.4. The number of hydrogen-bond donors (Lipinski definition) is 1. The van der Waals surface area contributed by atoms with E-state index in [2.05, 4.69) is 21.4 Å². The van der Waals surface area contributed by atoms with Crippen molar-refractivity contribution in [3.63, 3.8) is 0 Å². The SMILES string of the molecule is Cc1cc(N2CC[C@@](C#N)(C3CC3)C2=O)cc(C(=O)NCc2cc(F)cc(-c3cccnc3C)c2)n1. The minimum atomic E-state index is -0.957. The summed E-state index contributed by atoms with van der Waals surface area (Å²) in [6, 6.07) is 13.9. The van der Waals surface area contributed by atoms with Crippen molar-refractivity contribution in [3.05, 3.63) is 77.1 Å². The minimum absolute atomic E-state index is 0.107. The van der Waals surface area contributed by atoms with E-state index in [9.17, 15) is 19.2 Å². The molecule has 2 aliphatic rings. The van der Waals surface area contributed by atoms with Crippen LogP contribution in [0.1, 0.15) is 46.7 Å². The van der Waals surface area contributed by atoms with E-state index in [0.29, 0.717) is 35.5 Å². The van der Waals surface area contributed by atoms with E-state index >= 15 is 0 Å². The third-order valence-electron chi connectivity index (χ3n) is 7.04. The highest BCUT2D eigenvalue weighted by atomic mass is 19.1. The average molecular weight is 484 g/mol. The molecule has 182 valence electrons. The molecule has 1 atom stereocenters. The van der Waals surface area contributed by atoms with Crippen molar-refractivity contribution in [3.8, 4) is 17.2 Å². The van der Waals surface area contributed by atoms with Gasteiger partial charge in [0.05, 0.1) is 6.07 Å². The number of nitrogens with one attached hydrogen (secondary N) is 1. The van der Waals surface area contributed by atoms with Crippen molar-refractivity contribution in [2.75, 3.05) is 11.4 Å². The highest BCUT2D eigenvalue weighted by Gasteiger charge is 2.56. The summed E-state index contributed by atoms with van der Waals surface area (Å²) in [5.74, 6) is -0.899. The number of anilines is 1. The third kappa shape index (κ3) is 4.33. The normalized spacial score (nSPS) is 19.3. The van der Waals surface area contributed by atoms with Crippen LogP contribution < -0.4 is 10.2 Å². The first-order valence-electron chi connectivity index (χ1n) is 12.0. The van der Waals surface area contributed by atoms with Gasteiger partial charge < -0.3 is 10.2 Å². The average Bonchev–Trinajstić information content (AvgIpc) is 3.65. The summed E-state index contributed by atoms with van der Waals surface area (Å²) in [6.07, 6.45) is 3.98. The molecule has 7 nitrogen and oxygen atoms in total. The molecule has 1 aliphatic carbocycles. The second-order valence-electron chi connectivity index (χ2n) is 9.58. The van der Waals surface area contributed by atoms with Crippen molar-refractivity contribution < 1.29 is 14.0 Å². The fraction of sp³-hybridized carbons (Fsp3) is 0.321. The number of hydrogen-bond acceptors (Lipinski definition) is 5. The molecule has 1 saturated carbocycles. The van der Waals surface area contributed by atoms with Crippen LogP contribution in [0.5, 0.6) is 0 Å². The molecule has 3 heterocycles. The van der Waals surface area contributed by atoms with Crippen LogP contribution in [-0.4, -0.2) is 28.3 Å². The molecule has 1 aliphatic heterocycles. The Labute approximate surface area is 209 Å². The molecule has 2 fully saturated rings. The number of aromatic nitrogens is 2. The molecule has 1 aromatic carbocycles. The summed E-state index contributed by atoms with van der Waals surface area (Å²) in [5.41, 5.74) is 3.26. The Balaban J connectivity index is 1.34. The zero-order chi connectivity index (χ0) is 25.4. The Hall–Kier alpha value is -4.12. The Morgan fingerprint density at radius 1 is 1.25 bits per heavy atom. The van der Waals surface area contributed by atoms with Gasteiger partial charge in [-0.3, -0.25) is 14.6 Å². The quantitative estimate of drug-likeness (QED) is 0.557. The van der Waals surface area contributed by atoms with Gasteiger partial charge in [-0.25, -0.2) is 9.37 Å². The second kappa shape index (κ2) is 9.15. The molecule has 2 amide bonds. The van der Waals surface area contributed by atoms with Gasteiger partial charge in [-0.05, 0) is 86.6 Å². The van der Waals surface area contributed by atoms with Gasteiger partial charge in [0, 0.05) is 41.9 Å². The van der Waals surface area contributed by atoms with Gasteiger partial charge in [-0.2, -0.15) is 5.26 Å². The lowest BCUT2D eigenvalue weighted by molar-refractivity contribution is -0.123. The molecule has 8 heteroatoms. The van der Waals surface area contributed by atoms with Crippen LogP contribution in [-0.2, 0) is 11.3 Å². The van der Waals surface area contributed by atoms with Gasteiger partial charge in [-0.1, -0.05) is 6.07 Å². The predicted octanol–water partition coefficient (Wildman–Crippen LogP) is 4.49. The van der Waals surface area contributed by atoms with Crippen LogP contribution in [0.15, 0.2) is 48.7 Å². The lowest BCUT2D eigenvalue weighted by atomic mass is 9.83. The first kappa shape index (κ1) is 23.6. The van der Waals surface area contributed by atoms with Crippen molar-refractivity contribution in [1.29, 1.82) is 5.26 Å². The highest BCUT2D eigenvalue weighted by molar-refractivity contribution is 6.03. The molecule has 5 rings (SSSR count). The monoisotopic (exact) mass is 483 g/mol. The van der Waals surface area contributed by atoms with Gasteiger partial charge in [0.2, 0.25) is 5.91 Å². The van der Waals surface area contributed by atoms with Gasteiger partial charge in [0.1, 0.15) is 16.9 Å². The number of halogens is 1. The van der Waals surface area contributed by atoms with E-state index in [0.717, 1.165) is 24.1 Å². The Morgan fingerprint density at radius 3 is 2.78 bits per heavy atom. The van der Waals surface area contributed by atoms with Crippen molar-refractivity contribution in [2.24, 2.45) is 11.3 Å². The Bertz CT molecular complexity index is 1410. The number of pyridine rings is 2. The number of carbonyl (C=O) groups excluding carboxylic acids is 2. The maximum Gasteiger partial charge on any atom is 0.270 e. The topological polar surface area (TPSA) is 99.0 Å². The summed E-state index contributed by atoms with van der Waals surface area (Å²) in [7, 11) is 0. The summed E-state index contributed by atoms with van der Waals surface area (Å²) >= 11 is 0. The molecule has 0 radical (unpaired) electrons. The first-order chi connectivity index (χ1) is 17.3. The van der Waals surface area contributed by atoms with Crippen LogP contribution in [0.25, 0.3) is 11.1 Å². The zero-order valence-corrected chi connectivity index (χ0v) is 20.2. The van der Waals surface area contributed by atoms with Crippen molar-refractivity contribution >= 4 is 17.5 Å². The first-order valence-corrected chi connectivity index (χ1v) is 12.0. The lowest BCUT2D eigenvalue weighted by Gasteiger charge is -2.21. The lowest BCUT2D eigenvalue weighted by Crippen LogP contribution is -2.35. The molecule has 36 heavy (non-hydrogen) atoms. The van der Waals surface area contributed by atoms with E-state index in [1.807, 2.05) is 19.1 Å². The Morgan fingerprint density at radius 2 is 2.06 bits per heavy atom. The van der Waals surface area contributed by atoms with Crippen molar-refractivity contribution in [2.45, 2.75) is 39.7 Å². The van der Waals surface area contributed by atoms with E-state index in [4.69, 9.17) is 0 Å². The van der Waals surface area contributed by atoms with E-state index in [1.54, 1.807) is 36.2 Å². The third-order valence-corrected chi connectivity index (χ3v) is 7.04. The number of rotatable bonds is 6. The van der Waals surface area contributed by atoms with E-state index in [1.165, 1.54) is 12.1 Å². The zero-order valence-electron chi connectivity index (χ0n) is 20.2. The van der Waals surface area contributed by atoms with Crippen LogP contribution in [0.4, 0.5) is 10.1 Å². The fourth-order valence-corrected chi connectivity index (χ4v) is 5.03. The summed E-state index contributed by atoms with van der Waals surface area (Å²) < 4.78 is 14.4.